The van der Waals surface area contributed by atoms with Gasteiger partial charge in [0, 0.05) is 6.20 Å². The average molecular weight is 324 g/mol. The molecule has 24 heavy (non-hydrogen) atoms. The number of para-hydroxylation sites is 1. The van der Waals surface area contributed by atoms with Crippen LogP contribution in [0.5, 0.6) is 0 Å². The molecule has 7 nitrogen and oxygen atoms in total. The van der Waals surface area contributed by atoms with Crippen molar-refractivity contribution >= 4 is 22.5 Å². The lowest BCUT2D eigenvalue weighted by atomic mass is 10.2. The van der Waals surface area contributed by atoms with E-state index >= 15 is 0 Å². The minimum Gasteiger partial charge on any atom is -0.323 e. The fourth-order valence-electron chi connectivity index (χ4n) is 2.61. The van der Waals surface area contributed by atoms with Crippen LogP contribution in [0.2, 0.25) is 0 Å². The summed E-state index contributed by atoms with van der Waals surface area (Å²) in [5, 5.41) is 3.05. The molecular weight excluding hydrogens is 308 g/mol. The highest BCUT2D eigenvalue weighted by molar-refractivity contribution is 5.93. The highest BCUT2D eigenvalue weighted by atomic mass is 16.2. The Morgan fingerprint density at radius 1 is 1.25 bits per heavy atom. The Morgan fingerprint density at radius 2 is 2.04 bits per heavy atom. The minimum absolute atomic E-state index is 0.299. The molecule has 0 saturated heterocycles. The van der Waals surface area contributed by atoms with Crippen LogP contribution < -0.4 is 16.6 Å². The zero-order valence-electron chi connectivity index (χ0n) is 13.0. The molecule has 1 aromatic carbocycles. The molecule has 2 heterocycles. The van der Waals surface area contributed by atoms with E-state index in [0.29, 0.717) is 23.0 Å². The van der Waals surface area contributed by atoms with Crippen LogP contribution in [0.4, 0.5) is 5.69 Å². The molecule has 0 spiro atoms. The molecule has 0 aliphatic heterocycles. The molecular formula is C17H16N4O3. The van der Waals surface area contributed by atoms with E-state index in [-0.39, 0.29) is 0 Å². The highest BCUT2D eigenvalue weighted by Gasteiger charge is 2.23. The number of carbonyl (C=O) groups is 1. The lowest BCUT2D eigenvalue weighted by Crippen LogP contribution is -2.42. The fourth-order valence-corrected chi connectivity index (χ4v) is 2.61. The molecule has 0 aliphatic carbocycles. The lowest BCUT2D eigenvalue weighted by molar-refractivity contribution is -0.119. The maximum atomic E-state index is 12.7. The second-order valence-corrected chi connectivity index (χ2v) is 5.31. The van der Waals surface area contributed by atoms with Crippen LogP contribution in [0.25, 0.3) is 10.9 Å². The number of nitrogens with one attached hydrogen (secondary N) is 2. The van der Waals surface area contributed by atoms with E-state index < -0.39 is 23.2 Å². The number of H-pyrrole nitrogens is 1. The maximum absolute atomic E-state index is 12.7. The molecule has 3 rings (SSSR count). The Bertz CT molecular complexity index is 992. The predicted molar refractivity (Wildman–Crippen MR) is 91.0 cm³/mol. The Kier molecular flexibility index (Phi) is 4.24. The number of carbonyl (C=O) groups excluding carboxylic acids is 1. The van der Waals surface area contributed by atoms with Gasteiger partial charge in [-0.05, 0) is 30.7 Å². The number of pyridine rings is 1. The van der Waals surface area contributed by atoms with E-state index in [1.54, 1.807) is 49.5 Å². The van der Waals surface area contributed by atoms with Crippen molar-refractivity contribution in [3.8, 4) is 0 Å². The first kappa shape index (κ1) is 15.7. The van der Waals surface area contributed by atoms with Gasteiger partial charge in [-0.1, -0.05) is 19.1 Å². The van der Waals surface area contributed by atoms with E-state index in [9.17, 15) is 14.4 Å². The molecule has 2 aromatic heterocycles. The molecule has 1 atom stereocenters. The Labute approximate surface area is 137 Å². The number of benzene rings is 1. The molecule has 2 N–H and O–H groups in total. The van der Waals surface area contributed by atoms with E-state index in [2.05, 4.69) is 15.3 Å². The molecule has 122 valence electrons. The van der Waals surface area contributed by atoms with Crippen molar-refractivity contribution < 1.29 is 4.79 Å². The monoisotopic (exact) mass is 324 g/mol. The van der Waals surface area contributed by atoms with Crippen molar-refractivity contribution in [2.24, 2.45) is 0 Å². The standard InChI is InChI=1S/C17H16N4O3/c1-2-14(15(22)19-11-6-5-9-18-10-11)21-16(23)12-7-3-4-8-13(12)20-17(21)24/h3-10,14H,2H2,1H3,(H,19,22)(H,20,24)/t14-/m0/s1. The van der Waals surface area contributed by atoms with Gasteiger partial charge in [0.25, 0.3) is 5.56 Å². The summed E-state index contributed by atoms with van der Waals surface area (Å²) in [5.41, 5.74) is -0.132. The Balaban J connectivity index is 2.05. The SMILES string of the molecule is CC[C@@H](C(=O)Nc1cccnc1)n1c(=O)[nH]c2ccccc2c1=O. The number of fused-ring (bicyclic) bond motifs is 1. The van der Waals surface area contributed by atoms with Gasteiger partial charge in [0.05, 0.1) is 22.8 Å². The second-order valence-electron chi connectivity index (χ2n) is 5.31. The zero-order valence-corrected chi connectivity index (χ0v) is 13.0. The van der Waals surface area contributed by atoms with Gasteiger partial charge in [-0.15, -0.1) is 0 Å². The summed E-state index contributed by atoms with van der Waals surface area (Å²) in [7, 11) is 0. The van der Waals surface area contributed by atoms with Gasteiger partial charge in [-0.3, -0.25) is 14.6 Å². The molecule has 0 fully saturated rings. The maximum Gasteiger partial charge on any atom is 0.329 e. The summed E-state index contributed by atoms with van der Waals surface area (Å²) < 4.78 is 0.966. The van der Waals surface area contributed by atoms with Crippen molar-refractivity contribution in [1.82, 2.24) is 14.5 Å². The number of aromatic nitrogens is 3. The molecule has 0 radical (unpaired) electrons. The number of amides is 1. The summed E-state index contributed by atoms with van der Waals surface area (Å²) in [5.74, 6) is -0.437. The number of rotatable bonds is 4. The van der Waals surface area contributed by atoms with Crippen molar-refractivity contribution in [3.63, 3.8) is 0 Å². The summed E-state index contributed by atoms with van der Waals surface area (Å²) >= 11 is 0. The Hall–Kier alpha value is -3.22. The van der Waals surface area contributed by atoms with Gasteiger partial charge < -0.3 is 10.3 Å². The van der Waals surface area contributed by atoms with Crippen LogP contribution >= 0.6 is 0 Å². The predicted octanol–water partition coefficient (Wildman–Crippen LogP) is 1.67. The van der Waals surface area contributed by atoms with Crippen LogP contribution in [0, 0.1) is 0 Å². The smallest absolute Gasteiger partial charge is 0.323 e. The first-order valence-electron chi connectivity index (χ1n) is 7.56. The first-order chi connectivity index (χ1) is 11.6. The van der Waals surface area contributed by atoms with E-state index in [1.165, 1.54) is 6.20 Å². The third kappa shape index (κ3) is 2.83. The van der Waals surface area contributed by atoms with Crippen molar-refractivity contribution in [3.05, 3.63) is 69.6 Å². The van der Waals surface area contributed by atoms with Gasteiger partial charge >= 0.3 is 5.69 Å². The fraction of sp³-hybridized carbons (Fsp3) is 0.176. The van der Waals surface area contributed by atoms with E-state index in [1.807, 2.05) is 0 Å². The quantitative estimate of drug-likeness (QED) is 0.763. The van der Waals surface area contributed by atoms with Crippen molar-refractivity contribution in [2.45, 2.75) is 19.4 Å². The van der Waals surface area contributed by atoms with Gasteiger partial charge in [0.15, 0.2) is 0 Å². The number of nitrogens with zero attached hydrogens (tertiary/aromatic N) is 2. The molecule has 0 aliphatic rings. The zero-order chi connectivity index (χ0) is 17.1. The molecule has 0 bridgehead atoms. The average Bonchev–Trinajstić information content (AvgIpc) is 2.59. The first-order valence-corrected chi connectivity index (χ1v) is 7.56. The highest BCUT2D eigenvalue weighted by Crippen LogP contribution is 2.13. The summed E-state index contributed by atoms with van der Waals surface area (Å²) in [6, 6.07) is 9.18. The van der Waals surface area contributed by atoms with Crippen molar-refractivity contribution in [2.75, 3.05) is 5.32 Å². The molecule has 7 heteroatoms. The number of aromatic amines is 1. The lowest BCUT2D eigenvalue weighted by Gasteiger charge is -2.17. The molecule has 0 unspecified atom stereocenters. The number of anilines is 1. The third-order valence-electron chi connectivity index (χ3n) is 3.77. The minimum atomic E-state index is -0.911. The molecule has 3 aromatic rings. The van der Waals surface area contributed by atoms with Gasteiger partial charge in [-0.25, -0.2) is 9.36 Å². The van der Waals surface area contributed by atoms with Gasteiger partial charge in [0.2, 0.25) is 5.91 Å². The van der Waals surface area contributed by atoms with Crippen molar-refractivity contribution in [1.29, 1.82) is 0 Å². The summed E-state index contributed by atoms with van der Waals surface area (Å²) in [6.45, 7) is 1.74. The number of hydrogen-bond donors (Lipinski definition) is 2. The Morgan fingerprint density at radius 3 is 2.75 bits per heavy atom. The van der Waals surface area contributed by atoms with Crippen LogP contribution in [-0.2, 0) is 4.79 Å². The van der Waals surface area contributed by atoms with Crippen LogP contribution in [0.1, 0.15) is 19.4 Å². The third-order valence-corrected chi connectivity index (χ3v) is 3.77. The topological polar surface area (TPSA) is 96.8 Å². The van der Waals surface area contributed by atoms with Crippen LogP contribution in [-0.4, -0.2) is 20.4 Å². The second kappa shape index (κ2) is 6.49. The molecule has 0 saturated carbocycles. The summed E-state index contributed by atoms with van der Waals surface area (Å²) in [4.78, 5) is 44.1. The number of hydrogen-bond acceptors (Lipinski definition) is 4. The van der Waals surface area contributed by atoms with Crippen LogP contribution in [0.3, 0.4) is 0 Å². The summed E-state index contributed by atoms with van der Waals surface area (Å²) in [6.07, 6.45) is 3.39. The largest absolute Gasteiger partial charge is 0.329 e. The van der Waals surface area contributed by atoms with Gasteiger partial charge in [-0.2, -0.15) is 0 Å². The molecule has 1 amide bonds. The normalized spacial score (nSPS) is 12.0. The van der Waals surface area contributed by atoms with Crippen LogP contribution in [0.15, 0.2) is 58.4 Å². The van der Waals surface area contributed by atoms with Gasteiger partial charge in [0.1, 0.15) is 6.04 Å². The van der Waals surface area contributed by atoms with E-state index in [0.717, 1.165) is 4.57 Å². The van der Waals surface area contributed by atoms with E-state index in [4.69, 9.17) is 0 Å².